The molecule has 39 heavy (non-hydrogen) atoms. The summed E-state index contributed by atoms with van der Waals surface area (Å²) in [4.78, 5) is 40.4. The third kappa shape index (κ3) is 6.44. The highest BCUT2D eigenvalue weighted by Crippen LogP contribution is 2.37. The number of nitrogens with zero attached hydrogens (tertiary/aromatic N) is 1. The van der Waals surface area contributed by atoms with Gasteiger partial charge in [0.05, 0.1) is 22.8 Å². The smallest absolute Gasteiger partial charge is 0.338 e. The van der Waals surface area contributed by atoms with Gasteiger partial charge >= 0.3 is 5.97 Å². The summed E-state index contributed by atoms with van der Waals surface area (Å²) in [6.45, 7) is 2.26. The lowest BCUT2D eigenvalue weighted by atomic mass is 10.2. The third-order valence-corrected chi connectivity index (χ3v) is 8.30. The molecule has 3 aromatic carbocycles. The number of nitrogen functional groups attached to an aromatic ring is 1. The molecule has 3 N–H and O–H groups in total. The molecule has 3 aromatic rings. The van der Waals surface area contributed by atoms with Crippen LogP contribution in [0, 0.1) is 0 Å². The fraction of sp³-hybridized carbons (Fsp3) is 0.148. The second-order valence-corrected chi connectivity index (χ2v) is 11.6. The Balaban J connectivity index is 1.66. The highest BCUT2D eigenvalue weighted by atomic mass is 35.5. The number of hydrogen-bond donors (Lipinski definition) is 2. The van der Waals surface area contributed by atoms with Gasteiger partial charge in [0.15, 0.2) is 0 Å². The van der Waals surface area contributed by atoms with Crippen molar-refractivity contribution in [3.05, 3.63) is 94.0 Å². The number of halogens is 1. The van der Waals surface area contributed by atoms with Crippen molar-refractivity contribution in [3.8, 4) is 0 Å². The molecule has 4 rings (SSSR count). The standard InChI is InChI=1S/C27H24ClN3O6S2/c1-2-3-16-37-27(34)17-4-10-20(11-5-17)31-25(32)23(30-39(35,36)22-14-8-19(29)9-15-22)24(26(31)33)38-21-12-6-18(28)7-13-21/h4-15,30H,2-3,16,29H2,1H3. The number of ether oxygens (including phenoxy) is 1. The van der Waals surface area contributed by atoms with Crippen molar-refractivity contribution in [3.63, 3.8) is 0 Å². The Morgan fingerprint density at radius 3 is 2.23 bits per heavy atom. The number of hydrogen-bond acceptors (Lipinski definition) is 8. The van der Waals surface area contributed by atoms with Crippen LogP contribution in [-0.4, -0.2) is 32.8 Å². The Labute approximate surface area is 235 Å². The predicted octanol–water partition coefficient (Wildman–Crippen LogP) is 4.73. The van der Waals surface area contributed by atoms with Crippen molar-refractivity contribution in [1.29, 1.82) is 0 Å². The molecule has 202 valence electrons. The first kappa shape index (κ1) is 28.2. The molecule has 2 amide bonds. The maximum atomic E-state index is 13.5. The summed E-state index contributed by atoms with van der Waals surface area (Å²) in [6.07, 6.45) is 1.61. The van der Waals surface area contributed by atoms with E-state index in [1.54, 1.807) is 24.3 Å². The van der Waals surface area contributed by atoms with Crippen molar-refractivity contribution in [2.24, 2.45) is 0 Å². The zero-order valence-corrected chi connectivity index (χ0v) is 23.1. The summed E-state index contributed by atoms with van der Waals surface area (Å²) in [6, 6.07) is 17.6. The van der Waals surface area contributed by atoms with Gasteiger partial charge in [-0.2, -0.15) is 0 Å². The molecule has 0 radical (unpaired) electrons. The summed E-state index contributed by atoms with van der Waals surface area (Å²) in [5.74, 6) is -2.12. The van der Waals surface area contributed by atoms with Crippen LogP contribution >= 0.6 is 23.4 Å². The van der Waals surface area contributed by atoms with Gasteiger partial charge in [-0.3, -0.25) is 14.3 Å². The van der Waals surface area contributed by atoms with Crippen LogP contribution in [0.5, 0.6) is 0 Å². The molecular formula is C27H24ClN3O6S2. The highest BCUT2D eigenvalue weighted by molar-refractivity contribution is 8.04. The lowest BCUT2D eigenvalue weighted by molar-refractivity contribution is -0.120. The summed E-state index contributed by atoms with van der Waals surface area (Å²) < 4.78 is 33.7. The molecule has 9 nitrogen and oxygen atoms in total. The topological polar surface area (TPSA) is 136 Å². The maximum Gasteiger partial charge on any atom is 0.338 e. The number of amides is 2. The van der Waals surface area contributed by atoms with Crippen LogP contribution in [0.3, 0.4) is 0 Å². The lowest BCUT2D eigenvalue weighted by Gasteiger charge is -2.16. The van der Waals surface area contributed by atoms with Gasteiger partial charge in [0.1, 0.15) is 10.6 Å². The van der Waals surface area contributed by atoms with Gasteiger partial charge in [0.25, 0.3) is 21.8 Å². The minimum Gasteiger partial charge on any atom is -0.462 e. The molecule has 0 saturated heterocycles. The maximum absolute atomic E-state index is 13.5. The molecule has 1 aliphatic heterocycles. The number of unbranched alkanes of at least 4 members (excludes halogenated alkanes) is 1. The van der Waals surface area contributed by atoms with Gasteiger partial charge < -0.3 is 10.5 Å². The molecular weight excluding hydrogens is 562 g/mol. The molecule has 0 aliphatic carbocycles. The molecule has 0 spiro atoms. The first-order valence-electron chi connectivity index (χ1n) is 11.8. The van der Waals surface area contributed by atoms with Crippen LogP contribution in [0.2, 0.25) is 5.02 Å². The van der Waals surface area contributed by atoms with Crippen LogP contribution in [0.15, 0.2) is 93.2 Å². The van der Waals surface area contributed by atoms with Gasteiger partial charge in [0.2, 0.25) is 0 Å². The van der Waals surface area contributed by atoms with Crippen molar-refractivity contribution in [1.82, 2.24) is 4.72 Å². The zero-order chi connectivity index (χ0) is 28.2. The number of rotatable bonds is 10. The Morgan fingerprint density at radius 2 is 1.62 bits per heavy atom. The molecule has 0 bridgehead atoms. The van der Waals surface area contributed by atoms with E-state index in [4.69, 9.17) is 22.1 Å². The number of esters is 1. The number of sulfonamides is 1. The lowest BCUT2D eigenvalue weighted by Crippen LogP contribution is -2.35. The summed E-state index contributed by atoms with van der Waals surface area (Å²) in [5, 5.41) is 0.473. The van der Waals surface area contributed by atoms with Gasteiger partial charge in [-0.15, -0.1) is 0 Å². The molecule has 1 heterocycles. The van der Waals surface area contributed by atoms with Gasteiger partial charge in [-0.1, -0.05) is 36.7 Å². The average Bonchev–Trinajstić information content (AvgIpc) is 3.13. The largest absolute Gasteiger partial charge is 0.462 e. The SMILES string of the molecule is CCCCOC(=O)c1ccc(N2C(=O)C(NS(=O)(=O)c3ccc(N)cc3)=C(Sc3ccc(Cl)cc3)C2=O)cc1. The van der Waals surface area contributed by atoms with Crippen LogP contribution < -0.4 is 15.4 Å². The van der Waals surface area contributed by atoms with E-state index >= 15 is 0 Å². The van der Waals surface area contributed by atoms with E-state index in [0.717, 1.165) is 29.5 Å². The number of carbonyl (C=O) groups excluding carboxylic acids is 3. The normalized spacial score (nSPS) is 13.6. The molecule has 1 aliphatic rings. The summed E-state index contributed by atoms with van der Waals surface area (Å²) >= 11 is 6.89. The van der Waals surface area contributed by atoms with E-state index in [9.17, 15) is 22.8 Å². The number of anilines is 2. The van der Waals surface area contributed by atoms with Crippen molar-refractivity contribution in [2.75, 3.05) is 17.2 Å². The Bertz CT molecular complexity index is 1540. The third-order valence-electron chi connectivity index (χ3n) is 5.59. The van der Waals surface area contributed by atoms with Crippen molar-refractivity contribution < 1.29 is 27.5 Å². The fourth-order valence-corrected chi connectivity index (χ4v) is 5.72. The van der Waals surface area contributed by atoms with Crippen molar-refractivity contribution >= 4 is 62.5 Å². The molecule has 0 fully saturated rings. The molecule has 0 atom stereocenters. The quantitative estimate of drug-likeness (QED) is 0.151. The van der Waals surface area contributed by atoms with E-state index in [2.05, 4.69) is 4.72 Å². The minimum absolute atomic E-state index is 0.121. The van der Waals surface area contributed by atoms with E-state index in [0.29, 0.717) is 15.6 Å². The number of benzene rings is 3. The van der Waals surface area contributed by atoms with Crippen molar-refractivity contribution in [2.45, 2.75) is 29.6 Å². The van der Waals surface area contributed by atoms with Crippen LogP contribution in [0.25, 0.3) is 0 Å². The van der Waals surface area contributed by atoms with E-state index < -0.39 is 33.5 Å². The summed E-state index contributed by atoms with van der Waals surface area (Å²) in [7, 11) is -4.24. The first-order chi connectivity index (χ1) is 18.6. The second-order valence-electron chi connectivity index (χ2n) is 8.42. The highest BCUT2D eigenvalue weighted by Gasteiger charge is 2.42. The monoisotopic (exact) mass is 585 g/mol. The Kier molecular flexibility index (Phi) is 8.63. The van der Waals surface area contributed by atoms with Gasteiger partial charge in [0, 0.05) is 15.6 Å². The van der Waals surface area contributed by atoms with Gasteiger partial charge in [-0.05, 0) is 79.2 Å². The number of carbonyl (C=O) groups is 3. The zero-order valence-electron chi connectivity index (χ0n) is 20.7. The number of nitrogens with one attached hydrogen (secondary N) is 1. The second kappa shape index (κ2) is 11.9. The first-order valence-corrected chi connectivity index (χ1v) is 14.5. The Morgan fingerprint density at radius 1 is 0.974 bits per heavy atom. The fourth-order valence-electron chi connectivity index (χ4n) is 3.53. The average molecular weight is 586 g/mol. The molecule has 0 aromatic heterocycles. The van der Waals surface area contributed by atoms with E-state index in [1.165, 1.54) is 48.5 Å². The van der Waals surface area contributed by atoms with E-state index in [-0.39, 0.29) is 27.7 Å². The number of nitrogens with two attached hydrogens (primary N) is 1. The number of thioether (sulfide) groups is 1. The molecule has 0 saturated carbocycles. The Hall–Kier alpha value is -3.80. The van der Waals surface area contributed by atoms with E-state index in [1.807, 2.05) is 6.92 Å². The summed E-state index contributed by atoms with van der Waals surface area (Å²) in [5.41, 5.74) is 6.03. The minimum atomic E-state index is -4.24. The van der Waals surface area contributed by atoms with Crippen LogP contribution in [-0.2, 0) is 24.3 Å². The number of imide groups is 1. The predicted molar refractivity (Wildman–Crippen MR) is 150 cm³/mol. The van der Waals surface area contributed by atoms with Gasteiger partial charge in [-0.25, -0.2) is 18.1 Å². The molecule has 0 unspecified atom stereocenters. The van der Waals surface area contributed by atoms with Crippen LogP contribution in [0.4, 0.5) is 11.4 Å². The molecule has 12 heteroatoms. The van der Waals surface area contributed by atoms with Crippen LogP contribution in [0.1, 0.15) is 30.1 Å².